The molecule has 0 saturated carbocycles. The van der Waals surface area contributed by atoms with Gasteiger partial charge in [0.25, 0.3) is 5.91 Å². The zero-order chi connectivity index (χ0) is 22.8. The fraction of sp³-hybridized carbons (Fsp3) is 0.304. The number of urea groups is 1. The molecule has 1 heterocycles. The summed E-state index contributed by atoms with van der Waals surface area (Å²) in [6, 6.07) is 14.1. The van der Waals surface area contributed by atoms with Crippen LogP contribution in [0, 0.1) is 25.2 Å². The number of carbonyl (C=O) groups excluding carboxylic acids is 3. The van der Waals surface area contributed by atoms with Gasteiger partial charge in [-0.1, -0.05) is 34.1 Å². The molecule has 1 aliphatic rings. The van der Waals surface area contributed by atoms with Gasteiger partial charge in [0, 0.05) is 16.7 Å². The molecule has 31 heavy (non-hydrogen) atoms. The maximum atomic E-state index is 13.2. The second-order valence-electron chi connectivity index (χ2n) is 7.68. The van der Waals surface area contributed by atoms with Gasteiger partial charge in [-0.3, -0.25) is 14.5 Å². The van der Waals surface area contributed by atoms with Crippen molar-refractivity contribution >= 4 is 39.5 Å². The van der Waals surface area contributed by atoms with E-state index in [2.05, 4.69) is 21.2 Å². The van der Waals surface area contributed by atoms with Gasteiger partial charge in [-0.2, -0.15) is 5.26 Å². The van der Waals surface area contributed by atoms with Gasteiger partial charge in [-0.15, -0.1) is 0 Å². The Labute approximate surface area is 189 Å². The lowest BCUT2D eigenvalue weighted by Crippen LogP contribution is -2.45. The molecule has 2 aromatic rings. The Morgan fingerprint density at radius 1 is 1.19 bits per heavy atom. The van der Waals surface area contributed by atoms with Gasteiger partial charge in [0.15, 0.2) is 0 Å². The Morgan fingerprint density at radius 3 is 2.58 bits per heavy atom. The minimum absolute atomic E-state index is 0.133. The molecule has 2 aromatic carbocycles. The fourth-order valence-corrected chi connectivity index (χ4v) is 3.91. The van der Waals surface area contributed by atoms with Crippen molar-refractivity contribution in [2.45, 2.75) is 32.7 Å². The molecule has 7 nitrogen and oxygen atoms in total. The normalized spacial score (nSPS) is 18.0. The molecular formula is C23H23BrN4O3. The largest absolute Gasteiger partial charge is 0.325 e. The highest BCUT2D eigenvalue weighted by Crippen LogP contribution is 2.30. The molecule has 1 fully saturated rings. The smallest absolute Gasteiger partial charge is 0.319 e. The molecule has 1 N–H and O–H groups in total. The number of carbonyl (C=O) groups is 3. The van der Waals surface area contributed by atoms with Gasteiger partial charge in [-0.05, 0) is 61.7 Å². The molecule has 1 saturated heterocycles. The zero-order valence-electron chi connectivity index (χ0n) is 17.6. The van der Waals surface area contributed by atoms with Crippen LogP contribution in [-0.4, -0.2) is 35.8 Å². The van der Waals surface area contributed by atoms with Crippen LogP contribution in [0.25, 0.3) is 0 Å². The third-order valence-electron chi connectivity index (χ3n) is 5.52. The van der Waals surface area contributed by atoms with E-state index in [0.717, 1.165) is 20.5 Å². The molecule has 4 amide bonds. The van der Waals surface area contributed by atoms with Crippen molar-refractivity contribution in [2.24, 2.45) is 0 Å². The van der Waals surface area contributed by atoms with Gasteiger partial charge < -0.3 is 10.2 Å². The summed E-state index contributed by atoms with van der Waals surface area (Å²) in [6.45, 7) is 5.29. The van der Waals surface area contributed by atoms with Crippen molar-refractivity contribution in [1.82, 2.24) is 10.2 Å². The monoisotopic (exact) mass is 482 g/mol. The number of benzene rings is 2. The summed E-state index contributed by atoms with van der Waals surface area (Å²) in [4.78, 5) is 41.3. The predicted molar refractivity (Wildman–Crippen MR) is 120 cm³/mol. The molecule has 1 unspecified atom stereocenters. The highest BCUT2D eigenvalue weighted by Gasteiger charge is 2.49. The van der Waals surface area contributed by atoms with E-state index in [9.17, 15) is 14.4 Å². The molecule has 0 spiro atoms. The Bertz CT molecular complexity index is 1090. The van der Waals surface area contributed by atoms with Gasteiger partial charge in [0.2, 0.25) is 5.91 Å². The van der Waals surface area contributed by atoms with E-state index in [0.29, 0.717) is 11.3 Å². The number of imide groups is 1. The van der Waals surface area contributed by atoms with Crippen LogP contribution in [0.5, 0.6) is 0 Å². The van der Waals surface area contributed by atoms with E-state index in [-0.39, 0.29) is 13.0 Å². The first kappa shape index (κ1) is 22.5. The molecule has 160 valence electrons. The second-order valence-corrected chi connectivity index (χ2v) is 8.59. The van der Waals surface area contributed by atoms with Crippen molar-refractivity contribution < 1.29 is 14.4 Å². The molecule has 0 bridgehead atoms. The number of hydrogen-bond acceptors (Lipinski definition) is 4. The minimum Gasteiger partial charge on any atom is -0.319 e. The summed E-state index contributed by atoms with van der Waals surface area (Å²) in [6.07, 6.45) is 0.133. The van der Waals surface area contributed by atoms with E-state index in [1.54, 1.807) is 31.2 Å². The lowest BCUT2D eigenvalue weighted by molar-refractivity contribution is -0.134. The molecule has 8 heteroatoms. The molecule has 0 aliphatic carbocycles. The SMILES string of the molecule is Cc1ccc(N(CCC#N)C(=O)CN2C(=O)NC(C)(c3cccc(Br)c3)C2=O)cc1C. The Morgan fingerprint density at radius 2 is 1.94 bits per heavy atom. The molecular weight excluding hydrogens is 460 g/mol. The quantitative estimate of drug-likeness (QED) is 0.633. The van der Waals surface area contributed by atoms with Crippen LogP contribution >= 0.6 is 15.9 Å². The van der Waals surface area contributed by atoms with Gasteiger partial charge in [0.1, 0.15) is 12.1 Å². The number of anilines is 1. The summed E-state index contributed by atoms with van der Waals surface area (Å²) < 4.78 is 0.778. The topological polar surface area (TPSA) is 93.5 Å². The van der Waals surface area contributed by atoms with Gasteiger partial charge in [-0.25, -0.2) is 4.79 Å². The van der Waals surface area contributed by atoms with Crippen LogP contribution in [0.15, 0.2) is 46.9 Å². The van der Waals surface area contributed by atoms with Crippen molar-refractivity contribution in [3.05, 3.63) is 63.6 Å². The predicted octanol–water partition coefficient (Wildman–Crippen LogP) is 3.78. The number of halogens is 1. The van der Waals surface area contributed by atoms with Crippen LogP contribution in [0.3, 0.4) is 0 Å². The van der Waals surface area contributed by atoms with E-state index in [4.69, 9.17) is 5.26 Å². The lowest BCUT2D eigenvalue weighted by Gasteiger charge is -2.25. The van der Waals surface area contributed by atoms with E-state index in [1.807, 2.05) is 38.1 Å². The highest BCUT2D eigenvalue weighted by molar-refractivity contribution is 9.10. The number of hydrogen-bond donors (Lipinski definition) is 1. The van der Waals surface area contributed by atoms with Crippen molar-refractivity contribution in [3.63, 3.8) is 0 Å². The average molecular weight is 483 g/mol. The lowest BCUT2D eigenvalue weighted by atomic mass is 9.92. The van der Waals surface area contributed by atoms with Crippen LogP contribution in [-0.2, 0) is 15.1 Å². The number of amides is 4. The van der Waals surface area contributed by atoms with Crippen molar-refractivity contribution in [2.75, 3.05) is 18.0 Å². The summed E-state index contributed by atoms with van der Waals surface area (Å²) in [5.74, 6) is -0.926. The third kappa shape index (κ3) is 4.47. The number of nitriles is 1. The standard InChI is InChI=1S/C23H23BrN4O3/c1-15-8-9-19(12-16(15)2)27(11-5-10-25)20(29)14-28-21(30)23(3,26-22(28)31)17-6-4-7-18(24)13-17/h4,6-9,12-13H,5,11,14H2,1-3H3,(H,26,31). The van der Waals surface area contributed by atoms with Crippen molar-refractivity contribution in [1.29, 1.82) is 5.26 Å². The molecule has 1 aliphatic heterocycles. The molecule has 3 rings (SSSR count). The Hall–Kier alpha value is -3.18. The maximum Gasteiger partial charge on any atom is 0.325 e. The van der Waals surface area contributed by atoms with Crippen LogP contribution < -0.4 is 10.2 Å². The first-order valence-electron chi connectivity index (χ1n) is 9.82. The second kappa shape index (κ2) is 8.90. The number of rotatable bonds is 6. The van der Waals surface area contributed by atoms with Crippen LogP contribution in [0.1, 0.15) is 30.0 Å². The summed E-state index contributed by atoms with van der Waals surface area (Å²) in [7, 11) is 0. The Balaban J connectivity index is 1.86. The van der Waals surface area contributed by atoms with Crippen molar-refractivity contribution in [3.8, 4) is 6.07 Å². The first-order chi connectivity index (χ1) is 14.7. The van der Waals surface area contributed by atoms with Gasteiger partial charge >= 0.3 is 6.03 Å². The van der Waals surface area contributed by atoms with E-state index >= 15 is 0 Å². The van der Waals surface area contributed by atoms with E-state index in [1.165, 1.54) is 4.90 Å². The van der Waals surface area contributed by atoms with Gasteiger partial charge in [0.05, 0.1) is 12.5 Å². The summed E-state index contributed by atoms with van der Waals surface area (Å²) in [5.41, 5.74) is 2.06. The third-order valence-corrected chi connectivity index (χ3v) is 6.01. The number of nitrogens with zero attached hydrogens (tertiary/aromatic N) is 3. The van der Waals surface area contributed by atoms with E-state index < -0.39 is 29.9 Å². The van der Waals surface area contributed by atoms with Crippen LogP contribution in [0.2, 0.25) is 0 Å². The number of aryl methyl sites for hydroxylation is 2. The summed E-state index contributed by atoms with van der Waals surface area (Å²) in [5, 5.41) is 11.7. The minimum atomic E-state index is -1.26. The molecule has 0 radical (unpaired) electrons. The molecule has 1 atom stereocenters. The number of nitrogens with one attached hydrogen (secondary N) is 1. The zero-order valence-corrected chi connectivity index (χ0v) is 19.2. The first-order valence-corrected chi connectivity index (χ1v) is 10.6. The molecule has 0 aromatic heterocycles. The highest BCUT2D eigenvalue weighted by atomic mass is 79.9. The Kier molecular flexibility index (Phi) is 6.46. The summed E-state index contributed by atoms with van der Waals surface area (Å²) >= 11 is 3.38. The fourth-order valence-electron chi connectivity index (χ4n) is 3.51. The van der Waals surface area contributed by atoms with Crippen LogP contribution in [0.4, 0.5) is 10.5 Å². The maximum absolute atomic E-state index is 13.2. The average Bonchev–Trinajstić information content (AvgIpc) is 2.95.